The molecule has 0 amide bonds. The summed E-state index contributed by atoms with van der Waals surface area (Å²) in [5, 5.41) is 10.6. The standard InChI is InChI=1S/C69H130O17P2/c1-6-9-12-15-18-21-22-23-24-25-30-35-40-45-50-55-69(74)86-65(59-80-67(72)53-48-43-38-34-29-27-26-28-33-36-41-46-51-62(4)5)61-84-88(77,78)82-57-63(70)56-81-87(75,76)83-60-64(85-68(73)54-49-44-39-32-20-17-14-11-8-3)58-79-66(71)52-47-42-37-31-19-16-13-10-7-2/h21-24,62-65,70H,6-20,25-61H2,1-5H3,(H,75,76)(H,77,78)/b22-21-,24-23-/t63-,64+,65+/m0/s1. The highest BCUT2D eigenvalue weighted by atomic mass is 31.2. The predicted octanol–water partition coefficient (Wildman–Crippen LogP) is 19.3. The lowest BCUT2D eigenvalue weighted by Crippen LogP contribution is -2.30. The van der Waals surface area contributed by atoms with Gasteiger partial charge in [-0.1, -0.05) is 277 Å². The number of hydrogen-bond donors (Lipinski definition) is 3. The van der Waals surface area contributed by atoms with E-state index in [0.29, 0.717) is 25.7 Å². The average molecular weight is 1290 g/mol. The lowest BCUT2D eigenvalue weighted by atomic mass is 10.0. The zero-order valence-corrected chi connectivity index (χ0v) is 58.1. The van der Waals surface area contributed by atoms with Crippen molar-refractivity contribution in [1.82, 2.24) is 0 Å². The summed E-state index contributed by atoms with van der Waals surface area (Å²) in [4.78, 5) is 72.4. The molecule has 0 saturated heterocycles. The number of rotatable bonds is 67. The third-order valence-electron chi connectivity index (χ3n) is 15.4. The van der Waals surface area contributed by atoms with Gasteiger partial charge in [0.15, 0.2) is 12.2 Å². The molecule has 0 aromatic carbocycles. The molecule has 0 radical (unpaired) electrons. The minimum Gasteiger partial charge on any atom is -0.462 e. The summed E-state index contributed by atoms with van der Waals surface area (Å²) in [6, 6.07) is 0. The zero-order valence-electron chi connectivity index (χ0n) is 56.3. The van der Waals surface area contributed by atoms with Crippen LogP contribution in [0.15, 0.2) is 24.3 Å². The summed E-state index contributed by atoms with van der Waals surface area (Å²) >= 11 is 0. The second kappa shape index (κ2) is 62.0. The fourth-order valence-corrected chi connectivity index (χ4v) is 11.5. The number of unbranched alkanes of at least 4 members (excludes halogenated alkanes) is 36. The van der Waals surface area contributed by atoms with Crippen LogP contribution >= 0.6 is 15.6 Å². The Morgan fingerprint density at radius 3 is 0.932 bits per heavy atom. The van der Waals surface area contributed by atoms with E-state index < -0.39 is 97.5 Å². The first-order valence-corrected chi connectivity index (χ1v) is 38.4. The number of allylic oxidation sites excluding steroid dienone is 4. The molecule has 0 aliphatic heterocycles. The Bertz CT molecular complexity index is 1800. The predicted molar refractivity (Wildman–Crippen MR) is 354 cm³/mol. The summed E-state index contributed by atoms with van der Waals surface area (Å²) < 4.78 is 68.1. The van der Waals surface area contributed by atoms with Crippen LogP contribution in [0.3, 0.4) is 0 Å². The second-order valence-electron chi connectivity index (χ2n) is 24.7. The Morgan fingerprint density at radius 1 is 0.352 bits per heavy atom. The van der Waals surface area contributed by atoms with Gasteiger partial charge < -0.3 is 33.8 Å². The van der Waals surface area contributed by atoms with E-state index in [1.807, 2.05) is 0 Å². The van der Waals surface area contributed by atoms with Crippen molar-refractivity contribution in [3.8, 4) is 0 Å². The zero-order chi connectivity index (χ0) is 64.9. The van der Waals surface area contributed by atoms with E-state index in [4.69, 9.17) is 37.0 Å². The lowest BCUT2D eigenvalue weighted by Gasteiger charge is -2.21. The molecule has 2 unspecified atom stereocenters. The van der Waals surface area contributed by atoms with Crippen LogP contribution in [0.2, 0.25) is 0 Å². The second-order valence-corrected chi connectivity index (χ2v) is 27.6. The molecular weight excluding hydrogens is 1160 g/mol. The van der Waals surface area contributed by atoms with Crippen molar-refractivity contribution in [2.45, 2.75) is 348 Å². The average Bonchev–Trinajstić information content (AvgIpc) is 3.57. The maximum atomic E-state index is 13.0. The third kappa shape index (κ3) is 62.4. The highest BCUT2D eigenvalue weighted by molar-refractivity contribution is 7.47. The van der Waals surface area contributed by atoms with Crippen LogP contribution < -0.4 is 0 Å². The van der Waals surface area contributed by atoms with Crippen LogP contribution in [0.25, 0.3) is 0 Å². The van der Waals surface area contributed by atoms with Crippen LogP contribution in [0, 0.1) is 5.92 Å². The normalized spacial score (nSPS) is 14.3. The molecule has 0 heterocycles. The van der Waals surface area contributed by atoms with E-state index in [1.165, 1.54) is 141 Å². The van der Waals surface area contributed by atoms with E-state index in [-0.39, 0.29) is 25.7 Å². The van der Waals surface area contributed by atoms with Crippen LogP contribution in [0.1, 0.15) is 330 Å². The molecule has 0 spiro atoms. The number of phosphoric acid groups is 2. The molecule has 88 heavy (non-hydrogen) atoms. The monoisotopic (exact) mass is 1290 g/mol. The first-order chi connectivity index (χ1) is 42.5. The number of esters is 4. The topological polar surface area (TPSA) is 237 Å². The summed E-state index contributed by atoms with van der Waals surface area (Å²) in [5.74, 6) is -1.38. The number of carbonyl (C=O) groups is 4. The Labute approximate surface area is 535 Å². The largest absolute Gasteiger partial charge is 0.472 e. The van der Waals surface area contributed by atoms with Crippen molar-refractivity contribution in [2.24, 2.45) is 5.92 Å². The van der Waals surface area contributed by atoms with Crippen molar-refractivity contribution in [3.63, 3.8) is 0 Å². The van der Waals surface area contributed by atoms with Gasteiger partial charge in [0.2, 0.25) is 0 Å². The Morgan fingerprint density at radius 2 is 0.614 bits per heavy atom. The smallest absolute Gasteiger partial charge is 0.462 e. The highest BCUT2D eigenvalue weighted by Gasteiger charge is 2.30. The molecule has 3 N–H and O–H groups in total. The summed E-state index contributed by atoms with van der Waals surface area (Å²) in [5.41, 5.74) is 0. The molecule has 0 fully saturated rings. The van der Waals surface area contributed by atoms with Gasteiger partial charge >= 0.3 is 39.5 Å². The number of ether oxygens (including phenoxy) is 4. The number of aliphatic hydroxyl groups is 1. The number of carbonyl (C=O) groups excluding carboxylic acids is 4. The Hall–Kier alpha value is -2.46. The van der Waals surface area contributed by atoms with E-state index in [2.05, 4.69) is 58.9 Å². The molecule has 19 heteroatoms. The fourth-order valence-electron chi connectivity index (χ4n) is 9.93. The molecule has 0 aromatic rings. The number of aliphatic hydroxyl groups excluding tert-OH is 1. The fraction of sp³-hybridized carbons (Fsp3) is 0.884. The van der Waals surface area contributed by atoms with Gasteiger partial charge in [0, 0.05) is 25.7 Å². The minimum atomic E-state index is -4.96. The van der Waals surface area contributed by atoms with Crippen LogP contribution in [-0.4, -0.2) is 96.7 Å². The molecule has 0 bridgehead atoms. The maximum absolute atomic E-state index is 13.0. The third-order valence-corrected chi connectivity index (χ3v) is 17.3. The van der Waals surface area contributed by atoms with E-state index >= 15 is 0 Å². The van der Waals surface area contributed by atoms with E-state index in [0.717, 1.165) is 109 Å². The van der Waals surface area contributed by atoms with Gasteiger partial charge in [-0.05, 0) is 57.3 Å². The summed E-state index contributed by atoms with van der Waals surface area (Å²) in [7, 11) is -9.90. The van der Waals surface area contributed by atoms with Gasteiger partial charge in [0.05, 0.1) is 26.4 Å². The quantitative estimate of drug-likeness (QED) is 0.0169. The number of hydrogen-bond acceptors (Lipinski definition) is 15. The molecule has 0 aliphatic rings. The van der Waals surface area contributed by atoms with Crippen molar-refractivity contribution in [2.75, 3.05) is 39.6 Å². The molecule has 0 rings (SSSR count). The lowest BCUT2D eigenvalue weighted by molar-refractivity contribution is -0.161. The summed E-state index contributed by atoms with van der Waals surface area (Å²) in [6.45, 7) is 7.15. The Kier molecular flexibility index (Phi) is 60.3. The van der Waals surface area contributed by atoms with Crippen molar-refractivity contribution >= 4 is 39.5 Å². The van der Waals surface area contributed by atoms with Gasteiger partial charge in [0.25, 0.3) is 0 Å². The van der Waals surface area contributed by atoms with Crippen LogP contribution in [0.4, 0.5) is 0 Å². The number of phosphoric ester groups is 2. The molecule has 5 atom stereocenters. The van der Waals surface area contributed by atoms with Crippen molar-refractivity contribution in [3.05, 3.63) is 24.3 Å². The molecule has 0 saturated carbocycles. The van der Waals surface area contributed by atoms with Gasteiger partial charge in [-0.2, -0.15) is 0 Å². The molecular formula is C69H130O17P2. The van der Waals surface area contributed by atoms with Crippen molar-refractivity contribution < 1.29 is 80.2 Å². The first-order valence-electron chi connectivity index (χ1n) is 35.5. The first kappa shape index (κ1) is 85.5. The van der Waals surface area contributed by atoms with Crippen molar-refractivity contribution in [1.29, 1.82) is 0 Å². The van der Waals surface area contributed by atoms with Gasteiger partial charge in [0.1, 0.15) is 19.3 Å². The van der Waals surface area contributed by atoms with Crippen LogP contribution in [-0.2, 0) is 65.4 Å². The van der Waals surface area contributed by atoms with Gasteiger partial charge in [-0.15, -0.1) is 0 Å². The molecule has 518 valence electrons. The molecule has 0 aliphatic carbocycles. The minimum absolute atomic E-state index is 0.0852. The van der Waals surface area contributed by atoms with Crippen LogP contribution in [0.5, 0.6) is 0 Å². The molecule has 0 aromatic heterocycles. The van der Waals surface area contributed by atoms with Gasteiger partial charge in [-0.3, -0.25) is 37.3 Å². The van der Waals surface area contributed by atoms with Gasteiger partial charge in [-0.25, -0.2) is 9.13 Å². The molecule has 17 nitrogen and oxygen atoms in total. The highest BCUT2D eigenvalue weighted by Crippen LogP contribution is 2.45. The maximum Gasteiger partial charge on any atom is 0.472 e. The summed E-state index contributed by atoms with van der Waals surface area (Å²) in [6.07, 6.45) is 50.7. The SMILES string of the molecule is CCCCCC/C=C\C=C/CCCCCCCC(=O)O[C@H](COC(=O)CCCCCCCCCCCCCCC(C)C)COP(=O)(O)OC[C@@H](O)COP(=O)(O)OC[C@@H](COC(=O)CCCCCCCCCCC)OC(=O)CCCCCCCCCCC. The Balaban J connectivity index is 5.26. The van der Waals surface area contributed by atoms with E-state index in [9.17, 15) is 43.2 Å². The van der Waals surface area contributed by atoms with E-state index in [1.54, 1.807) is 0 Å².